The molecular weight excluding hydrogens is 274 g/mol. The van der Waals surface area contributed by atoms with E-state index in [4.69, 9.17) is 5.26 Å². The smallest absolute Gasteiger partial charge is 0.0992 e. The molecule has 0 spiro atoms. The number of hydrogen-bond donors (Lipinski definition) is 0. The van der Waals surface area contributed by atoms with Gasteiger partial charge in [0.25, 0.3) is 0 Å². The molecule has 0 bridgehead atoms. The second-order valence-corrected chi connectivity index (χ2v) is 3.59. The lowest BCUT2D eigenvalue weighted by atomic mass is 10.2. The van der Waals surface area contributed by atoms with E-state index in [1.807, 2.05) is 6.07 Å². The van der Waals surface area contributed by atoms with E-state index in [9.17, 15) is 5.11 Å². The average molecular weight is 276 g/mol. The maximum Gasteiger partial charge on any atom is 0.0992 e. The molecule has 2 nitrogen and oxygen atoms in total. The third-order valence-corrected chi connectivity index (χ3v) is 2.31. The zero-order valence-corrected chi connectivity index (χ0v) is 8.44. The Morgan fingerprint density at radius 3 is 2.09 bits per heavy atom. The monoisotopic (exact) mass is 274 g/mol. The van der Waals surface area contributed by atoms with E-state index >= 15 is 0 Å². The zero-order chi connectivity index (χ0) is 8.43. The third-order valence-electron chi connectivity index (χ3n) is 1.13. The normalized spacial score (nSPS) is 9.18. The highest BCUT2D eigenvalue weighted by atomic mass is 79.9. The van der Waals surface area contributed by atoms with Gasteiger partial charge in [0.15, 0.2) is 0 Å². The molecule has 0 aromatic heterocycles. The molecular formula is C7H2Br2NO-. The van der Waals surface area contributed by atoms with Crippen LogP contribution in [-0.4, -0.2) is 0 Å². The van der Waals surface area contributed by atoms with E-state index in [0.29, 0.717) is 14.5 Å². The van der Waals surface area contributed by atoms with Crippen molar-refractivity contribution < 1.29 is 5.11 Å². The van der Waals surface area contributed by atoms with Crippen molar-refractivity contribution in [2.75, 3.05) is 0 Å². The van der Waals surface area contributed by atoms with Crippen molar-refractivity contribution >= 4 is 31.9 Å². The van der Waals surface area contributed by atoms with Crippen molar-refractivity contribution in [2.45, 2.75) is 0 Å². The molecule has 0 atom stereocenters. The van der Waals surface area contributed by atoms with Gasteiger partial charge in [0, 0.05) is 8.95 Å². The number of hydrogen-bond acceptors (Lipinski definition) is 2. The predicted octanol–water partition coefficient (Wildman–Crippen LogP) is 2.16. The molecule has 0 saturated carbocycles. The van der Waals surface area contributed by atoms with E-state index in [1.54, 1.807) is 0 Å². The average Bonchev–Trinajstić information content (AvgIpc) is 1.99. The molecule has 0 radical (unpaired) electrons. The molecule has 1 rings (SSSR count). The van der Waals surface area contributed by atoms with Crippen LogP contribution in [0.5, 0.6) is 5.75 Å². The van der Waals surface area contributed by atoms with Crippen LogP contribution in [0.15, 0.2) is 21.1 Å². The maximum atomic E-state index is 11.0. The van der Waals surface area contributed by atoms with Gasteiger partial charge in [-0.05, 0) is 12.1 Å². The first-order valence-corrected chi connectivity index (χ1v) is 4.30. The highest BCUT2D eigenvalue weighted by Crippen LogP contribution is 2.30. The summed E-state index contributed by atoms with van der Waals surface area (Å²) in [5.41, 5.74) is 0.461. The van der Waals surface area contributed by atoms with Gasteiger partial charge in [-0.15, -0.1) is 0 Å². The fraction of sp³-hybridized carbons (Fsp3) is 0. The lowest BCUT2D eigenvalue weighted by Gasteiger charge is -2.10. The van der Waals surface area contributed by atoms with Crippen molar-refractivity contribution in [3.63, 3.8) is 0 Å². The van der Waals surface area contributed by atoms with Gasteiger partial charge < -0.3 is 5.11 Å². The quantitative estimate of drug-likeness (QED) is 0.728. The molecule has 4 heteroatoms. The van der Waals surface area contributed by atoms with Crippen LogP contribution in [0.3, 0.4) is 0 Å². The molecule has 0 N–H and O–H groups in total. The number of rotatable bonds is 0. The summed E-state index contributed by atoms with van der Waals surface area (Å²) in [6.07, 6.45) is 0. The Morgan fingerprint density at radius 2 is 1.73 bits per heavy atom. The molecule has 0 aliphatic heterocycles. The first kappa shape index (κ1) is 8.57. The Bertz CT molecular complexity index is 307. The molecule has 11 heavy (non-hydrogen) atoms. The zero-order valence-electron chi connectivity index (χ0n) is 5.27. The number of nitrogens with zero attached hydrogens (tertiary/aromatic N) is 1. The molecule has 0 aliphatic rings. The molecule has 0 aliphatic carbocycles. The standard InChI is InChI=1S/C7H3Br2NO/c8-5-1-4(3-10)2-6(9)7(5)11/h1-2,11H/p-1. The Kier molecular flexibility index (Phi) is 2.53. The summed E-state index contributed by atoms with van der Waals surface area (Å²) in [7, 11) is 0. The van der Waals surface area contributed by atoms with Crippen molar-refractivity contribution in [1.82, 2.24) is 0 Å². The van der Waals surface area contributed by atoms with Crippen LogP contribution in [-0.2, 0) is 0 Å². The number of benzene rings is 1. The molecule has 1 aromatic carbocycles. The fourth-order valence-corrected chi connectivity index (χ4v) is 1.81. The highest BCUT2D eigenvalue weighted by Gasteiger charge is 1.97. The van der Waals surface area contributed by atoms with Gasteiger partial charge in [-0.25, -0.2) is 0 Å². The fourth-order valence-electron chi connectivity index (χ4n) is 0.624. The van der Waals surface area contributed by atoms with Crippen LogP contribution in [0.25, 0.3) is 0 Å². The first-order chi connectivity index (χ1) is 5.15. The van der Waals surface area contributed by atoms with Gasteiger partial charge in [-0.2, -0.15) is 5.26 Å². The van der Waals surface area contributed by atoms with Crippen LogP contribution >= 0.6 is 31.9 Å². The minimum absolute atomic E-state index is 0.135. The van der Waals surface area contributed by atoms with Crippen LogP contribution in [0.1, 0.15) is 5.56 Å². The number of nitriles is 1. The maximum absolute atomic E-state index is 11.0. The van der Waals surface area contributed by atoms with Gasteiger partial charge in [-0.3, -0.25) is 0 Å². The van der Waals surface area contributed by atoms with Crippen molar-refractivity contribution in [3.05, 3.63) is 26.6 Å². The summed E-state index contributed by atoms with van der Waals surface area (Å²) in [5, 5.41) is 19.5. The van der Waals surface area contributed by atoms with Gasteiger partial charge in [0.1, 0.15) is 0 Å². The van der Waals surface area contributed by atoms with E-state index in [-0.39, 0.29) is 5.75 Å². The van der Waals surface area contributed by atoms with Crippen molar-refractivity contribution in [1.29, 1.82) is 5.26 Å². The summed E-state index contributed by atoms with van der Waals surface area (Å²) < 4.78 is 0.812. The summed E-state index contributed by atoms with van der Waals surface area (Å²) >= 11 is 6.09. The summed E-state index contributed by atoms with van der Waals surface area (Å²) in [4.78, 5) is 0. The van der Waals surface area contributed by atoms with Crippen LogP contribution in [0.2, 0.25) is 0 Å². The van der Waals surface area contributed by atoms with Crippen molar-refractivity contribution in [2.24, 2.45) is 0 Å². The second-order valence-electron chi connectivity index (χ2n) is 1.88. The lowest BCUT2D eigenvalue weighted by molar-refractivity contribution is -0.270. The second kappa shape index (κ2) is 3.24. The summed E-state index contributed by atoms with van der Waals surface area (Å²) in [5.74, 6) is -0.135. The van der Waals surface area contributed by atoms with Crippen molar-refractivity contribution in [3.8, 4) is 11.8 Å². The summed E-state index contributed by atoms with van der Waals surface area (Å²) in [6, 6.07) is 4.92. The van der Waals surface area contributed by atoms with Gasteiger partial charge in [0.2, 0.25) is 0 Å². The molecule has 0 fully saturated rings. The van der Waals surface area contributed by atoms with E-state index in [1.165, 1.54) is 12.1 Å². The molecule has 0 heterocycles. The van der Waals surface area contributed by atoms with Crippen LogP contribution in [0, 0.1) is 11.3 Å². The van der Waals surface area contributed by atoms with Gasteiger partial charge in [0.05, 0.1) is 11.6 Å². The van der Waals surface area contributed by atoms with Gasteiger partial charge >= 0.3 is 0 Å². The van der Waals surface area contributed by atoms with E-state index in [0.717, 1.165) is 0 Å². The topological polar surface area (TPSA) is 46.8 Å². The third kappa shape index (κ3) is 1.73. The Morgan fingerprint density at radius 1 is 1.27 bits per heavy atom. The summed E-state index contributed by atoms with van der Waals surface area (Å²) in [6.45, 7) is 0. The molecule has 0 unspecified atom stereocenters. The Hall–Kier alpha value is -0.530. The molecule has 0 saturated heterocycles. The predicted molar refractivity (Wildman–Crippen MR) is 46.0 cm³/mol. The molecule has 56 valence electrons. The minimum Gasteiger partial charge on any atom is -0.871 e. The number of halogens is 2. The Balaban J connectivity index is 3.35. The lowest BCUT2D eigenvalue weighted by Crippen LogP contribution is -1.92. The minimum atomic E-state index is -0.135. The molecule has 0 amide bonds. The largest absolute Gasteiger partial charge is 0.871 e. The SMILES string of the molecule is N#Cc1cc(Br)c([O-])c(Br)c1. The first-order valence-electron chi connectivity index (χ1n) is 2.71. The molecule has 1 aromatic rings. The van der Waals surface area contributed by atoms with Gasteiger partial charge in [-0.1, -0.05) is 37.6 Å². The Labute approximate surface area is 80.7 Å². The van der Waals surface area contributed by atoms with E-state index in [2.05, 4.69) is 31.9 Å². The van der Waals surface area contributed by atoms with Crippen LogP contribution < -0.4 is 5.11 Å². The van der Waals surface area contributed by atoms with Crippen LogP contribution in [0.4, 0.5) is 0 Å². The van der Waals surface area contributed by atoms with E-state index < -0.39 is 0 Å². The highest BCUT2D eigenvalue weighted by molar-refractivity contribution is 9.11.